The van der Waals surface area contributed by atoms with Crippen LogP contribution in [0.25, 0.3) is 0 Å². The Labute approximate surface area is 145 Å². The van der Waals surface area contributed by atoms with E-state index in [9.17, 15) is 9.59 Å². The lowest BCUT2D eigenvalue weighted by atomic mass is 10.1. The Morgan fingerprint density at radius 1 is 1.08 bits per heavy atom. The number of amides is 1. The van der Waals surface area contributed by atoms with E-state index >= 15 is 0 Å². The molecule has 2 aromatic carbocycles. The Balaban J connectivity index is 1.62. The number of ether oxygens (including phenoxy) is 3. The minimum atomic E-state index is -0.929. The zero-order chi connectivity index (χ0) is 17.8. The van der Waals surface area contributed by atoms with Gasteiger partial charge in [0.25, 0.3) is 5.91 Å². The van der Waals surface area contributed by atoms with Crippen molar-refractivity contribution < 1.29 is 23.8 Å². The molecule has 0 saturated carbocycles. The van der Waals surface area contributed by atoms with E-state index in [0.29, 0.717) is 36.0 Å². The molecule has 1 N–H and O–H groups in total. The van der Waals surface area contributed by atoms with Gasteiger partial charge in [0.1, 0.15) is 13.2 Å². The molecule has 130 valence electrons. The van der Waals surface area contributed by atoms with Gasteiger partial charge >= 0.3 is 5.97 Å². The Bertz CT molecular complexity index is 802. The third kappa shape index (κ3) is 4.09. The lowest BCUT2D eigenvalue weighted by molar-refractivity contribution is -0.123. The molecule has 1 aliphatic heterocycles. The van der Waals surface area contributed by atoms with Gasteiger partial charge in [-0.15, -0.1) is 0 Å². The first kappa shape index (κ1) is 16.8. The van der Waals surface area contributed by atoms with Gasteiger partial charge in [0.15, 0.2) is 17.6 Å². The molecular formula is C19H19NO5. The van der Waals surface area contributed by atoms with Gasteiger partial charge in [-0.1, -0.05) is 17.7 Å². The molecule has 0 fully saturated rings. The number of carbonyl (C=O) groups is 2. The SMILES string of the molecule is Cc1cccc(C(=O)O[C@@H](C)C(=O)Nc2ccc3c(c2)OCCO3)c1. The van der Waals surface area contributed by atoms with Crippen LogP contribution in [0.1, 0.15) is 22.8 Å². The smallest absolute Gasteiger partial charge is 0.338 e. The summed E-state index contributed by atoms with van der Waals surface area (Å²) in [5, 5.41) is 2.71. The van der Waals surface area contributed by atoms with Crippen molar-refractivity contribution in [3.05, 3.63) is 53.6 Å². The van der Waals surface area contributed by atoms with Crippen molar-refractivity contribution in [2.75, 3.05) is 18.5 Å². The van der Waals surface area contributed by atoms with E-state index in [4.69, 9.17) is 14.2 Å². The van der Waals surface area contributed by atoms with Crippen molar-refractivity contribution >= 4 is 17.6 Å². The molecule has 6 nitrogen and oxygen atoms in total. The van der Waals surface area contributed by atoms with Crippen LogP contribution in [0.2, 0.25) is 0 Å². The van der Waals surface area contributed by atoms with Crippen molar-refractivity contribution in [3.63, 3.8) is 0 Å². The monoisotopic (exact) mass is 341 g/mol. The van der Waals surface area contributed by atoms with Crippen LogP contribution in [0.15, 0.2) is 42.5 Å². The molecule has 0 aliphatic carbocycles. The normalized spacial score (nSPS) is 13.7. The number of hydrogen-bond donors (Lipinski definition) is 1. The Kier molecular flexibility index (Phi) is 4.88. The number of anilines is 1. The average Bonchev–Trinajstić information content (AvgIpc) is 2.61. The van der Waals surface area contributed by atoms with Crippen LogP contribution in [0, 0.1) is 6.92 Å². The Hall–Kier alpha value is -3.02. The van der Waals surface area contributed by atoms with E-state index in [-0.39, 0.29) is 0 Å². The number of nitrogens with one attached hydrogen (secondary N) is 1. The fraction of sp³-hybridized carbons (Fsp3) is 0.263. The van der Waals surface area contributed by atoms with Gasteiger partial charge in [0.2, 0.25) is 0 Å². The third-order valence-electron chi connectivity index (χ3n) is 3.72. The van der Waals surface area contributed by atoms with E-state index in [1.807, 2.05) is 13.0 Å². The van der Waals surface area contributed by atoms with Crippen molar-refractivity contribution in [2.45, 2.75) is 20.0 Å². The number of carbonyl (C=O) groups excluding carboxylic acids is 2. The van der Waals surface area contributed by atoms with Gasteiger partial charge in [-0.3, -0.25) is 4.79 Å². The highest BCUT2D eigenvalue weighted by Crippen LogP contribution is 2.32. The molecule has 0 saturated heterocycles. The largest absolute Gasteiger partial charge is 0.486 e. The van der Waals surface area contributed by atoms with Crippen molar-refractivity contribution in [3.8, 4) is 11.5 Å². The maximum absolute atomic E-state index is 12.3. The Morgan fingerprint density at radius 3 is 2.60 bits per heavy atom. The highest BCUT2D eigenvalue weighted by molar-refractivity contribution is 5.97. The van der Waals surface area contributed by atoms with E-state index in [1.54, 1.807) is 36.4 Å². The maximum Gasteiger partial charge on any atom is 0.338 e. The molecule has 1 heterocycles. The highest BCUT2D eigenvalue weighted by Gasteiger charge is 2.20. The predicted octanol–water partition coefficient (Wildman–Crippen LogP) is 2.95. The van der Waals surface area contributed by atoms with Crippen LogP contribution in [-0.4, -0.2) is 31.2 Å². The summed E-state index contributed by atoms with van der Waals surface area (Å²) >= 11 is 0. The van der Waals surface area contributed by atoms with Crippen LogP contribution in [0.4, 0.5) is 5.69 Å². The van der Waals surface area contributed by atoms with Crippen LogP contribution in [-0.2, 0) is 9.53 Å². The van der Waals surface area contributed by atoms with E-state index in [0.717, 1.165) is 5.56 Å². The number of rotatable bonds is 4. The maximum atomic E-state index is 12.3. The summed E-state index contributed by atoms with van der Waals surface area (Å²) in [5.41, 5.74) is 1.91. The molecule has 3 rings (SSSR count). The van der Waals surface area contributed by atoms with Gasteiger partial charge < -0.3 is 19.5 Å². The summed E-state index contributed by atoms with van der Waals surface area (Å²) in [6, 6.07) is 12.1. The molecule has 25 heavy (non-hydrogen) atoms. The number of aryl methyl sites for hydroxylation is 1. The number of hydrogen-bond acceptors (Lipinski definition) is 5. The summed E-state index contributed by atoms with van der Waals surface area (Å²) in [6.45, 7) is 4.38. The van der Waals surface area contributed by atoms with Crippen molar-refractivity contribution in [1.29, 1.82) is 0 Å². The number of benzene rings is 2. The standard InChI is InChI=1S/C19H19NO5/c1-12-4-3-5-14(10-12)19(22)25-13(2)18(21)20-15-6-7-16-17(11-15)24-9-8-23-16/h3-7,10-11,13H,8-9H2,1-2H3,(H,20,21)/t13-/m0/s1. The second-order valence-electron chi connectivity index (χ2n) is 5.76. The van der Waals surface area contributed by atoms with Gasteiger partial charge in [-0.05, 0) is 38.1 Å². The molecule has 0 unspecified atom stereocenters. The molecule has 0 bridgehead atoms. The van der Waals surface area contributed by atoms with E-state index < -0.39 is 18.0 Å². The lowest BCUT2D eigenvalue weighted by Crippen LogP contribution is -2.30. The molecule has 0 radical (unpaired) electrons. The number of fused-ring (bicyclic) bond motifs is 1. The summed E-state index contributed by atoms with van der Waals surface area (Å²) in [5.74, 6) is 0.267. The third-order valence-corrected chi connectivity index (χ3v) is 3.72. The zero-order valence-electron chi connectivity index (χ0n) is 14.1. The summed E-state index contributed by atoms with van der Waals surface area (Å²) in [7, 11) is 0. The molecule has 1 amide bonds. The summed E-state index contributed by atoms with van der Waals surface area (Å²) < 4.78 is 16.1. The molecular weight excluding hydrogens is 322 g/mol. The van der Waals surface area contributed by atoms with E-state index in [1.165, 1.54) is 6.92 Å². The first-order chi connectivity index (χ1) is 12.0. The molecule has 2 aromatic rings. The van der Waals surface area contributed by atoms with Gasteiger partial charge in [0, 0.05) is 11.8 Å². The molecule has 1 aliphatic rings. The number of esters is 1. The quantitative estimate of drug-likeness (QED) is 0.866. The van der Waals surface area contributed by atoms with Gasteiger partial charge in [0.05, 0.1) is 5.56 Å². The average molecular weight is 341 g/mol. The van der Waals surface area contributed by atoms with Crippen LogP contribution < -0.4 is 14.8 Å². The lowest BCUT2D eigenvalue weighted by Gasteiger charge is -2.19. The molecule has 0 spiro atoms. The highest BCUT2D eigenvalue weighted by atomic mass is 16.6. The molecule has 6 heteroatoms. The molecule has 0 aromatic heterocycles. The summed E-state index contributed by atoms with van der Waals surface area (Å²) in [4.78, 5) is 24.4. The van der Waals surface area contributed by atoms with Crippen LogP contribution in [0.3, 0.4) is 0 Å². The van der Waals surface area contributed by atoms with E-state index in [2.05, 4.69) is 5.32 Å². The predicted molar refractivity (Wildman–Crippen MR) is 92.1 cm³/mol. The molecule has 1 atom stereocenters. The fourth-order valence-corrected chi connectivity index (χ4v) is 2.42. The topological polar surface area (TPSA) is 73.9 Å². The second-order valence-corrected chi connectivity index (χ2v) is 5.76. The minimum Gasteiger partial charge on any atom is -0.486 e. The Morgan fingerprint density at radius 2 is 1.84 bits per heavy atom. The van der Waals surface area contributed by atoms with Gasteiger partial charge in [-0.25, -0.2) is 4.79 Å². The van der Waals surface area contributed by atoms with Crippen molar-refractivity contribution in [2.24, 2.45) is 0 Å². The summed E-state index contributed by atoms with van der Waals surface area (Å²) in [6.07, 6.45) is -0.929. The minimum absolute atomic E-state index is 0.416. The zero-order valence-corrected chi connectivity index (χ0v) is 14.1. The fourth-order valence-electron chi connectivity index (χ4n) is 2.42. The first-order valence-corrected chi connectivity index (χ1v) is 8.01. The van der Waals surface area contributed by atoms with Crippen LogP contribution >= 0.6 is 0 Å². The van der Waals surface area contributed by atoms with Crippen LogP contribution in [0.5, 0.6) is 11.5 Å². The van der Waals surface area contributed by atoms with Crippen molar-refractivity contribution in [1.82, 2.24) is 0 Å². The first-order valence-electron chi connectivity index (χ1n) is 8.01. The van der Waals surface area contributed by atoms with Gasteiger partial charge in [-0.2, -0.15) is 0 Å². The second kappa shape index (κ2) is 7.25.